The van der Waals surface area contributed by atoms with E-state index < -0.39 is 23.8 Å². The number of terminal acetylenes is 1. The molecular weight excluding hydrogens is 552 g/mol. The minimum Gasteiger partial charge on any atom is -0.481 e. The molecule has 0 aromatic heterocycles. The van der Waals surface area contributed by atoms with E-state index in [0.29, 0.717) is 12.3 Å². The number of hydrogen-bond acceptors (Lipinski definition) is 6. The summed E-state index contributed by atoms with van der Waals surface area (Å²) in [6.45, 7) is 4.51. The predicted octanol–water partition coefficient (Wildman–Crippen LogP) is 2.82. The van der Waals surface area contributed by atoms with Crippen LogP contribution in [0.3, 0.4) is 0 Å². The van der Waals surface area contributed by atoms with E-state index in [2.05, 4.69) is 35.6 Å². The van der Waals surface area contributed by atoms with Gasteiger partial charge in [-0.3, -0.25) is 19.2 Å². The highest BCUT2D eigenvalue weighted by Gasteiger charge is 2.32. The van der Waals surface area contributed by atoms with Crippen molar-refractivity contribution in [2.24, 2.45) is 11.3 Å². The maximum Gasteiger partial charge on any atom is 0.304 e. The standard InChI is InChI=1S/C32H40N4O5S/c1-4-15-35-20-26(30(40)33-19-25-11-7-5-8-12-25)27(34-28(37)22-35)21-36(31(41)24(2)18-29(38)39)16-17-42-23-32(3)13-9-6-10-14-32/h1,5-13,20,24,27H,14-19,21-23H2,2-3H3,(H,33,40)(H,34,37)(H,38,39)/t24-,27+,32?/m0/s1. The van der Waals surface area contributed by atoms with Crippen molar-refractivity contribution in [2.45, 2.75) is 39.3 Å². The summed E-state index contributed by atoms with van der Waals surface area (Å²) in [5, 5.41) is 15.1. The lowest BCUT2D eigenvalue weighted by Gasteiger charge is -2.31. The van der Waals surface area contributed by atoms with Gasteiger partial charge >= 0.3 is 5.97 Å². The number of carbonyl (C=O) groups excluding carboxylic acids is 3. The van der Waals surface area contributed by atoms with Gasteiger partial charge in [-0.15, -0.1) is 6.42 Å². The van der Waals surface area contributed by atoms with Crippen LogP contribution in [0, 0.1) is 23.7 Å². The third kappa shape index (κ3) is 10.1. The number of nitrogens with one attached hydrogen (secondary N) is 2. The molecule has 1 aliphatic carbocycles. The normalized spacial score (nSPS) is 20.5. The van der Waals surface area contributed by atoms with Crippen molar-refractivity contribution >= 4 is 35.5 Å². The van der Waals surface area contributed by atoms with Crippen LogP contribution in [-0.4, -0.2) is 82.3 Å². The van der Waals surface area contributed by atoms with Gasteiger partial charge in [-0.2, -0.15) is 11.8 Å². The average molecular weight is 593 g/mol. The molecule has 1 aromatic carbocycles. The maximum absolute atomic E-state index is 13.5. The molecule has 0 fully saturated rings. The lowest BCUT2D eigenvalue weighted by molar-refractivity contribution is -0.144. The maximum atomic E-state index is 13.5. The summed E-state index contributed by atoms with van der Waals surface area (Å²) in [5.41, 5.74) is 1.21. The molecule has 1 heterocycles. The Kier molecular flexibility index (Phi) is 12.3. The summed E-state index contributed by atoms with van der Waals surface area (Å²) in [6.07, 6.45) is 16.1. The fourth-order valence-corrected chi connectivity index (χ4v) is 6.00. The quantitative estimate of drug-likeness (QED) is 0.225. The first kappa shape index (κ1) is 32.5. The lowest BCUT2D eigenvalue weighted by Crippen LogP contribution is -2.50. The Hall–Kier alpha value is -3.97. The van der Waals surface area contributed by atoms with Crippen molar-refractivity contribution in [1.29, 1.82) is 0 Å². The van der Waals surface area contributed by atoms with Crippen molar-refractivity contribution in [3.05, 3.63) is 72.0 Å². The molecule has 9 nitrogen and oxygen atoms in total. The largest absolute Gasteiger partial charge is 0.481 e. The average Bonchev–Trinajstić information content (AvgIpc) is 3.11. The molecule has 0 bridgehead atoms. The van der Waals surface area contributed by atoms with Gasteiger partial charge in [0.1, 0.15) is 0 Å². The molecule has 42 heavy (non-hydrogen) atoms. The molecule has 224 valence electrons. The van der Waals surface area contributed by atoms with Crippen molar-refractivity contribution in [3.63, 3.8) is 0 Å². The molecular formula is C32H40N4O5S. The minimum absolute atomic E-state index is 0.0173. The van der Waals surface area contributed by atoms with E-state index in [1.165, 1.54) is 0 Å². The van der Waals surface area contributed by atoms with Crippen LogP contribution < -0.4 is 10.6 Å². The first-order valence-electron chi connectivity index (χ1n) is 14.0. The SMILES string of the molecule is C#CCN1C=C(C(=O)NCc2ccccc2)[C@@H](CN(CCSCC2(C)C=CC=CC2)C(=O)[C@@H](C)CC(=O)O)NC(=O)C1. The van der Waals surface area contributed by atoms with Crippen LogP contribution in [0.2, 0.25) is 0 Å². The highest BCUT2D eigenvalue weighted by Crippen LogP contribution is 2.31. The summed E-state index contributed by atoms with van der Waals surface area (Å²) in [4.78, 5) is 54.4. The Balaban J connectivity index is 1.80. The number of thioether (sulfide) groups is 1. The third-order valence-corrected chi connectivity index (χ3v) is 8.45. The number of carbonyl (C=O) groups is 4. The van der Waals surface area contributed by atoms with E-state index in [1.807, 2.05) is 42.5 Å². The summed E-state index contributed by atoms with van der Waals surface area (Å²) in [6, 6.07) is 8.63. The van der Waals surface area contributed by atoms with Crippen LogP contribution in [0.1, 0.15) is 32.3 Å². The monoisotopic (exact) mass is 592 g/mol. The molecule has 1 aromatic rings. The Morgan fingerprint density at radius 3 is 2.71 bits per heavy atom. The van der Waals surface area contributed by atoms with Gasteiger partial charge in [0.05, 0.1) is 31.1 Å². The van der Waals surface area contributed by atoms with Crippen LogP contribution in [-0.2, 0) is 25.7 Å². The fraction of sp³-hybridized carbons (Fsp3) is 0.438. The number of allylic oxidation sites excluding steroid dienone is 4. The first-order chi connectivity index (χ1) is 20.1. The van der Waals surface area contributed by atoms with Gasteiger partial charge in [-0.05, 0) is 17.4 Å². The summed E-state index contributed by atoms with van der Waals surface area (Å²) in [7, 11) is 0. The third-order valence-electron chi connectivity index (χ3n) is 7.12. The topological polar surface area (TPSA) is 119 Å². The van der Waals surface area contributed by atoms with Gasteiger partial charge in [-0.1, -0.05) is 74.4 Å². The van der Waals surface area contributed by atoms with Gasteiger partial charge in [0.2, 0.25) is 11.8 Å². The van der Waals surface area contributed by atoms with Crippen molar-refractivity contribution in [3.8, 4) is 12.3 Å². The molecule has 2 aliphatic rings. The lowest BCUT2D eigenvalue weighted by atomic mass is 9.86. The van der Waals surface area contributed by atoms with Gasteiger partial charge in [0.25, 0.3) is 5.91 Å². The van der Waals surface area contributed by atoms with E-state index in [4.69, 9.17) is 6.42 Å². The van der Waals surface area contributed by atoms with E-state index in [-0.39, 0.29) is 55.4 Å². The molecule has 10 heteroatoms. The summed E-state index contributed by atoms with van der Waals surface area (Å²) < 4.78 is 0. The zero-order valence-electron chi connectivity index (χ0n) is 24.3. The molecule has 1 aliphatic heterocycles. The van der Waals surface area contributed by atoms with Crippen LogP contribution in [0.15, 0.2) is 66.4 Å². The molecule has 3 amide bonds. The Morgan fingerprint density at radius 1 is 1.29 bits per heavy atom. The number of amides is 3. The van der Waals surface area contributed by atoms with Crippen LogP contribution >= 0.6 is 11.8 Å². The molecule has 0 spiro atoms. The van der Waals surface area contributed by atoms with E-state index >= 15 is 0 Å². The van der Waals surface area contributed by atoms with Crippen LogP contribution in [0.4, 0.5) is 0 Å². The van der Waals surface area contributed by atoms with Gasteiger partial charge in [0.15, 0.2) is 0 Å². The Morgan fingerprint density at radius 2 is 2.05 bits per heavy atom. The van der Waals surface area contributed by atoms with Crippen molar-refractivity contribution < 1.29 is 24.3 Å². The van der Waals surface area contributed by atoms with Gasteiger partial charge in [-0.25, -0.2) is 0 Å². The van der Waals surface area contributed by atoms with E-state index in [9.17, 15) is 24.3 Å². The van der Waals surface area contributed by atoms with E-state index in [1.54, 1.807) is 34.7 Å². The first-order valence-corrected chi connectivity index (χ1v) is 15.2. The van der Waals surface area contributed by atoms with Crippen LogP contribution in [0.25, 0.3) is 0 Å². The second-order valence-electron chi connectivity index (χ2n) is 11.0. The summed E-state index contributed by atoms with van der Waals surface area (Å²) >= 11 is 1.71. The van der Waals surface area contributed by atoms with E-state index in [0.717, 1.165) is 17.7 Å². The highest BCUT2D eigenvalue weighted by atomic mass is 32.2. The highest BCUT2D eigenvalue weighted by molar-refractivity contribution is 7.99. The smallest absolute Gasteiger partial charge is 0.304 e. The molecule has 0 saturated heterocycles. The molecule has 0 radical (unpaired) electrons. The van der Waals surface area contributed by atoms with Gasteiger partial charge in [0, 0.05) is 43.3 Å². The number of benzene rings is 1. The number of aliphatic carboxylic acids is 1. The fourth-order valence-electron chi connectivity index (χ4n) is 4.83. The minimum atomic E-state index is -1.07. The number of hydrogen-bond donors (Lipinski definition) is 3. The van der Waals surface area contributed by atoms with Crippen molar-refractivity contribution in [2.75, 3.05) is 37.7 Å². The number of rotatable bonds is 14. The molecule has 0 saturated carbocycles. The van der Waals surface area contributed by atoms with Crippen molar-refractivity contribution in [1.82, 2.24) is 20.4 Å². The predicted molar refractivity (Wildman–Crippen MR) is 165 cm³/mol. The second kappa shape index (κ2) is 15.9. The zero-order chi connectivity index (χ0) is 30.5. The molecule has 3 atom stereocenters. The molecule has 3 rings (SSSR count). The number of nitrogens with zero attached hydrogens (tertiary/aromatic N) is 2. The zero-order valence-corrected chi connectivity index (χ0v) is 25.1. The number of carboxylic acids is 1. The van der Waals surface area contributed by atoms with Crippen LogP contribution in [0.5, 0.6) is 0 Å². The molecule has 1 unspecified atom stereocenters. The summed E-state index contributed by atoms with van der Waals surface area (Å²) in [5.74, 6) is 1.09. The van der Waals surface area contributed by atoms with Gasteiger partial charge < -0.3 is 25.5 Å². The number of carboxylic acid groups (broad SMARTS) is 1. The molecule has 3 N–H and O–H groups in total. The second-order valence-corrected chi connectivity index (χ2v) is 12.1. The Labute approximate surface area is 252 Å². The Bertz CT molecular complexity index is 1260.